The van der Waals surface area contributed by atoms with Gasteiger partial charge >= 0.3 is 0 Å². The lowest BCUT2D eigenvalue weighted by atomic mass is 10.1. The van der Waals surface area contributed by atoms with Crippen LogP contribution in [0.5, 0.6) is 0 Å². The molecule has 2 aromatic rings. The van der Waals surface area contributed by atoms with E-state index >= 15 is 0 Å². The highest BCUT2D eigenvalue weighted by Gasteiger charge is 2.14. The molecule has 0 bridgehead atoms. The summed E-state index contributed by atoms with van der Waals surface area (Å²) >= 11 is 3.33. The van der Waals surface area contributed by atoms with Crippen LogP contribution in [0.3, 0.4) is 0 Å². The molecule has 82 valence electrons. The fourth-order valence-electron chi connectivity index (χ4n) is 1.41. The van der Waals surface area contributed by atoms with E-state index in [4.69, 9.17) is 5.73 Å². The summed E-state index contributed by atoms with van der Waals surface area (Å²) in [7, 11) is 1.77. The summed E-state index contributed by atoms with van der Waals surface area (Å²) in [5.74, 6) is -0.0905. The van der Waals surface area contributed by atoms with Gasteiger partial charge in [-0.1, -0.05) is 15.9 Å². The lowest BCUT2D eigenvalue weighted by molar-refractivity contribution is 0.103. The number of rotatable bonds is 2. The minimum atomic E-state index is -0.0905. The molecule has 5 heteroatoms. The van der Waals surface area contributed by atoms with Gasteiger partial charge in [-0.25, -0.2) is 0 Å². The number of hydrogen-bond donors (Lipinski definition) is 1. The Balaban J connectivity index is 2.45. The number of aryl methyl sites for hydroxylation is 1. The van der Waals surface area contributed by atoms with Crippen LogP contribution in [-0.2, 0) is 7.05 Å². The van der Waals surface area contributed by atoms with Crippen LogP contribution in [0.2, 0.25) is 0 Å². The van der Waals surface area contributed by atoms with Gasteiger partial charge < -0.3 is 5.73 Å². The molecule has 0 aliphatic heterocycles. The van der Waals surface area contributed by atoms with E-state index in [0.29, 0.717) is 16.8 Å². The number of ketones is 1. The molecule has 0 radical (unpaired) electrons. The molecule has 0 fully saturated rings. The van der Waals surface area contributed by atoms with Crippen LogP contribution in [0.1, 0.15) is 15.9 Å². The first-order chi connectivity index (χ1) is 7.58. The standard InChI is InChI=1S/C11H10BrN3O/c1-15-6-7(5-14-15)11(16)9-4-8(13)2-3-10(9)12/h2-6H,13H2,1H3. The predicted molar refractivity (Wildman–Crippen MR) is 65.2 cm³/mol. The molecular weight excluding hydrogens is 270 g/mol. The van der Waals surface area contributed by atoms with Crippen molar-refractivity contribution >= 4 is 27.4 Å². The zero-order chi connectivity index (χ0) is 11.7. The van der Waals surface area contributed by atoms with E-state index in [1.165, 1.54) is 6.20 Å². The van der Waals surface area contributed by atoms with Crippen molar-refractivity contribution in [3.05, 3.63) is 46.2 Å². The fourth-order valence-corrected chi connectivity index (χ4v) is 1.84. The van der Waals surface area contributed by atoms with Crippen LogP contribution >= 0.6 is 15.9 Å². The summed E-state index contributed by atoms with van der Waals surface area (Å²) in [6.45, 7) is 0. The molecule has 16 heavy (non-hydrogen) atoms. The van der Waals surface area contributed by atoms with Crippen LogP contribution < -0.4 is 5.73 Å². The van der Waals surface area contributed by atoms with Crippen LogP contribution in [0.25, 0.3) is 0 Å². The smallest absolute Gasteiger partial charge is 0.197 e. The number of benzene rings is 1. The molecular formula is C11H10BrN3O. The topological polar surface area (TPSA) is 60.9 Å². The number of nitrogen functional groups attached to an aromatic ring is 1. The summed E-state index contributed by atoms with van der Waals surface area (Å²) in [5, 5.41) is 3.96. The molecule has 0 aliphatic carbocycles. The number of halogens is 1. The molecule has 1 aromatic heterocycles. The second kappa shape index (κ2) is 4.09. The van der Waals surface area contributed by atoms with Crippen molar-refractivity contribution in [1.29, 1.82) is 0 Å². The zero-order valence-electron chi connectivity index (χ0n) is 8.64. The predicted octanol–water partition coefficient (Wildman–Crippen LogP) is 2.00. The van der Waals surface area contributed by atoms with E-state index in [1.54, 1.807) is 36.1 Å². The van der Waals surface area contributed by atoms with E-state index in [9.17, 15) is 4.79 Å². The van der Waals surface area contributed by atoms with Crippen molar-refractivity contribution in [2.24, 2.45) is 7.05 Å². The van der Waals surface area contributed by atoms with Crippen molar-refractivity contribution in [1.82, 2.24) is 9.78 Å². The number of nitrogens with two attached hydrogens (primary N) is 1. The molecule has 1 aromatic carbocycles. The molecule has 1 heterocycles. The fraction of sp³-hybridized carbons (Fsp3) is 0.0909. The molecule has 0 atom stereocenters. The average molecular weight is 280 g/mol. The molecule has 4 nitrogen and oxygen atoms in total. The van der Waals surface area contributed by atoms with E-state index in [0.717, 1.165) is 4.47 Å². The number of carbonyl (C=O) groups is 1. The van der Waals surface area contributed by atoms with Crippen LogP contribution in [-0.4, -0.2) is 15.6 Å². The second-order valence-corrected chi connectivity index (χ2v) is 4.33. The Morgan fingerprint density at radius 1 is 1.50 bits per heavy atom. The normalized spacial score (nSPS) is 10.4. The van der Waals surface area contributed by atoms with Crippen molar-refractivity contribution in [3.63, 3.8) is 0 Å². The summed E-state index contributed by atoms with van der Waals surface area (Å²) < 4.78 is 2.32. The van der Waals surface area contributed by atoms with Gasteiger partial charge in [0.2, 0.25) is 0 Å². The monoisotopic (exact) mass is 279 g/mol. The largest absolute Gasteiger partial charge is 0.399 e. The minimum absolute atomic E-state index is 0.0905. The quantitative estimate of drug-likeness (QED) is 0.676. The van der Waals surface area contributed by atoms with Crippen molar-refractivity contribution in [2.75, 3.05) is 5.73 Å². The maximum atomic E-state index is 12.1. The molecule has 0 spiro atoms. The van der Waals surface area contributed by atoms with Crippen molar-refractivity contribution in [3.8, 4) is 0 Å². The molecule has 2 rings (SSSR count). The number of carbonyl (C=O) groups excluding carboxylic acids is 1. The Morgan fingerprint density at radius 2 is 2.25 bits per heavy atom. The van der Waals surface area contributed by atoms with Gasteiger partial charge in [-0.2, -0.15) is 5.10 Å². The number of anilines is 1. The van der Waals surface area contributed by atoms with Crippen LogP contribution in [0.15, 0.2) is 35.1 Å². The first-order valence-electron chi connectivity index (χ1n) is 4.66. The number of nitrogens with zero attached hydrogens (tertiary/aromatic N) is 2. The van der Waals surface area contributed by atoms with Crippen LogP contribution in [0.4, 0.5) is 5.69 Å². The van der Waals surface area contributed by atoms with Gasteiger partial charge in [-0.05, 0) is 18.2 Å². The third-order valence-corrected chi connectivity index (χ3v) is 2.89. The highest BCUT2D eigenvalue weighted by Crippen LogP contribution is 2.22. The first kappa shape index (κ1) is 10.9. The van der Waals surface area contributed by atoms with Gasteiger partial charge in [0.25, 0.3) is 0 Å². The molecule has 0 amide bonds. The molecule has 2 N–H and O–H groups in total. The maximum Gasteiger partial charge on any atom is 0.197 e. The van der Waals surface area contributed by atoms with Gasteiger partial charge in [-0.3, -0.25) is 9.48 Å². The highest BCUT2D eigenvalue weighted by molar-refractivity contribution is 9.10. The lowest BCUT2D eigenvalue weighted by Gasteiger charge is -2.02. The molecule has 0 saturated carbocycles. The van der Waals surface area contributed by atoms with E-state index in [2.05, 4.69) is 21.0 Å². The Labute approximate surface area is 101 Å². The Kier molecular flexibility index (Phi) is 2.78. The van der Waals surface area contributed by atoms with Gasteiger partial charge in [0.05, 0.1) is 11.8 Å². The lowest BCUT2D eigenvalue weighted by Crippen LogP contribution is -2.02. The Morgan fingerprint density at radius 3 is 2.88 bits per heavy atom. The summed E-state index contributed by atoms with van der Waals surface area (Å²) in [5.41, 5.74) is 7.32. The van der Waals surface area contributed by atoms with Crippen molar-refractivity contribution in [2.45, 2.75) is 0 Å². The van der Waals surface area contributed by atoms with Gasteiger partial charge in [0.15, 0.2) is 5.78 Å². The number of aromatic nitrogens is 2. The average Bonchev–Trinajstić information content (AvgIpc) is 2.67. The van der Waals surface area contributed by atoms with Gasteiger partial charge in [0.1, 0.15) is 0 Å². The van der Waals surface area contributed by atoms with Crippen LogP contribution in [0, 0.1) is 0 Å². The van der Waals surface area contributed by atoms with Gasteiger partial charge in [0, 0.05) is 29.0 Å². The van der Waals surface area contributed by atoms with E-state index < -0.39 is 0 Å². The Hall–Kier alpha value is -1.62. The molecule has 0 saturated heterocycles. The SMILES string of the molecule is Cn1cc(C(=O)c2cc(N)ccc2Br)cn1. The van der Waals surface area contributed by atoms with Gasteiger partial charge in [-0.15, -0.1) is 0 Å². The number of hydrogen-bond acceptors (Lipinski definition) is 3. The first-order valence-corrected chi connectivity index (χ1v) is 5.45. The minimum Gasteiger partial charge on any atom is -0.399 e. The summed E-state index contributed by atoms with van der Waals surface area (Å²) in [6, 6.07) is 5.16. The second-order valence-electron chi connectivity index (χ2n) is 3.47. The summed E-state index contributed by atoms with van der Waals surface area (Å²) in [6.07, 6.45) is 3.22. The molecule has 0 aliphatic rings. The highest BCUT2D eigenvalue weighted by atomic mass is 79.9. The van der Waals surface area contributed by atoms with E-state index in [-0.39, 0.29) is 5.78 Å². The van der Waals surface area contributed by atoms with Crippen molar-refractivity contribution < 1.29 is 4.79 Å². The zero-order valence-corrected chi connectivity index (χ0v) is 10.2. The third kappa shape index (κ3) is 1.99. The third-order valence-electron chi connectivity index (χ3n) is 2.20. The maximum absolute atomic E-state index is 12.1. The summed E-state index contributed by atoms with van der Waals surface area (Å²) in [4.78, 5) is 12.1. The Bertz CT molecular complexity index is 548. The molecule has 0 unspecified atom stereocenters. The van der Waals surface area contributed by atoms with E-state index in [1.807, 2.05) is 0 Å².